The highest BCUT2D eigenvalue weighted by Gasteiger charge is 2.16. The summed E-state index contributed by atoms with van der Waals surface area (Å²) in [6, 6.07) is 7.45. The second kappa shape index (κ2) is 5.89. The summed E-state index contributed by atoms with van der Waals surface area (Å²) in [6.45, 7) is 0. The summed E-state index contributed by atoms with van der Waals surface area (Å²) in [5.74, 6) is -0.377. The molecular weight excluding hydrogens is 252 g/mol. The number of fused-ring (bicyclic) bond motifs is 1. The van der Waals surface area contributed by atoms with E-state index in [9.17, 15) is 4.79 Å². The Kier molecular flexibility index (Phi) is 4.76. The molecule has 1 heterocycles. The third-order valence-electron chi connectivity index (χ3n) is 2.92. The van der Waals surface area contributed by atoms with Gasteiger partial charge in [-0.15, -0.1) is 12.4 Å². The van der Waals surface area contributed by atoms with Gasteiger partial charge in [-0.1, -0.05) is 18.2 Å². The molecule has 2 rings (SSSR count). The number of para-hydroxylation sites is 1. The Balaban J connectivity index is 0.00000162. The van der Waals surface area contributed by atoms with Crippen LogP contribution in [0.15, 0.2) is 30.5 Å². The van der Waals surface area contributed by atoms with Gasteiger partial charge in [0, 0.05) is 30.6 Å². The van der Waals surface area contributed by atoms with Crippen LogP contribution in [0.5, 0.6) is 0 Å². The van der Waals surface area contributed by atoms with Gasteiger partial charge < -0.3 is 15.0 Å². The molecule has 0 radical (unpaired) electrons. The molecule has 1 aromatic heterocycles. The number of carbonyl (C=O) groups is 1. The number of benzene rings is 1. The molecular formula is C13H17ClN2O2. The van der Waals surface area contributed by atoms with Crippen molar-refractivity contribution in [2.45, 2.75) is 12.5 Å². The number of ether oxygens (including phenoxy) is 1. The molecule has 0 aliphatic carbocycles. The molecule has 0 amide bonds. The summed E-state index contributed by atoms with van der Waals surface area (Å²) in [5.41, 5.74) is 7.99. The van der Waals surface area contributed by atoms with Crippen LogP contribution in [0.4, 0.5) is 0 Å². The van der Waals surface area contributed by atoms with Gasteiger partial charge in [0.05, 0.1) is 7.11 Å². The van der Waals surface area contributed by atoms with Gasteiger partial charge >= 0.3 is 5.97 Å². The fourth-order valence-corrected chi connectivity index (χ4v) is 2.06. The van der Waals surface area contributed by atoms with Crippen molar-refractivity contribution in [3.05, 3.63) is 36.0 Å². The molecule has 1 aromatic carbocycles. The molecule has 0 saturated carbocycles. The number of rotatable bonds is 3. The standard InChI is InChI=1S/C13H16N2O2.ClH/c1-15-8-9(7-11(14)13(16)17-2)10-5-3-4-6-12(10)15;/h3-6,8,11H,7,14H2,1-2H3;1H/t11-;/m0./s1. The van der Waals surface area contributed by atoms with E-state index >= 15 is 0 Å². The van der Waals surface area contributed by atoms with Crippen LogP contribution in [0, 0.1) is 0 Å². The maximum atomic E-state index is 11.3. The van der Waals surface area contributed by atoms with Gasteiger partial charge in [0.2, 0.25) is 0 Å². The highest BCUT2D eigenvalue weighted by Crippen LogP contribution is 2.21. The SMILES string of the molecule is COC(=O)[C@@H](N)Cc1cn(C)c2ccccc12.Cl. The molecule has 0 unspecified atom stereocenters. The van der Waals surface area contributed by atoms with Gasteiger partial charge in [-0.3, -0.25) is 4.79 Å². The van der Waals surface area contributed by atoms with Crippen molar-refractivity contribution in [1.82, 2.24) is 4.57 Å². The molecule has 2 aromatic rings. The van der Waals surface area contributed by atoms with E-state index in [0.717, 1.165) is 16.5 Å². The molecule has 5 heteroatoms. The highest BCUT2D eigenvalue weighted by atomic mass is 35.5. The summed E-state index contributed by atoms with van der Waals surface area (Å²) in [5, 5.41) is 1.13. The van der Waals surface area contributed by atoms with Crippen LogP contribution in [-0.4, -0.2) is 23.7 Å². The molecule has 0 aliphatic heterocycles. The zero-order valence-corrected chi connectivity index (χ0v) is 11.2. The molecule has 0 bridgehead atoms. The lowest BCUT2D eigenvalue weighted by atomic mass is 10.1. The van der Waals surface area contributed by atoms with E-state index in [1.807, 2.05) is 42.1 Å². The first-order valence-corrected chi connectivity index (χ1v) is 5.50. The minimum atomic E-state index is -0.606. The molecule has 98 valence electrons. The van der Waals surface area contributed by atoms with E-state index in [4.69, 9.17) is 5.73 Å². The first-order valence-electron chi connectivity index (χ1n) is 5.50. The lowest BCUT2D eigenvalue weighted by molar-refractivity contribution is -0.142. The Morgan fingerprint density at radius 3 is 2.78 bits per heavy atom. The quantitative estimate of drug-likeness (QED) is 0.861. The molecule has 0 fully saturated rings. The average Bonchev–Trinajstić information content (AvgIpc) is 2.66. The van der Waals surface area contributed by atoms with E-state index in [1.54, 1.807) is 0 Å². The second-order valence-corrected chi connectivity index (χ2v) is 4.12. The van der Waals surface area contributed by atoms with E-state index < -0.39 is 6.04 Å². The summed E-state index contributed by atoms with van der Waals surface area (Å²) < 4.78 is 6.67. The Labute approximate surface area is 112 Å². The van der Waals surface area contributed by atoms with Gasteiger partial charge in [-0.2, -0.15) is 0 Å². The minimum Gasteiger partial charge on any atom is -0.468 e. The highest BCUT2D eigenvalue weighted by molar-refractivity contribution is 5.85. The van der Waals surface area contributed by atoms with Crippen LogP contribution in [0.3, 0.4) is 0 Å². The number of methoxy groups -OCH3 is 1. The Morgan fingerprint density at radius 1 is 1.44 bits per heavy atom. The smallest absolute Gasteiger partial charge is 0.322 e. The molecule has 2 N–H and O–H groups in total. The number of nitrogens with two attached hydrogens (primary N) is 1. The first-order chi connectivity index (χ1) is 8.13. The van der Waals surface area contributed by atoms with Crippen LogP contribution in [0.1, 0.15) is 5.56 Å². The summed E-state index contributed by atoms with van der Waals surface area (Å²) in [6.07, 6.45) is 2.50. The third-order valence-corrected chi connectivity index (χ3v) is 2.92. The number of aromatic nitrogens is 1. The second-order valence-electron chi connectivity index (χ2n) is 4.12. The van der Waals surface area contributed by atoms with Gasteiger partial charge in [-0.25, -0.2) is 0 Å². The number of esters is 1. The van der Waals surface area contributed by atoms with E-state index in [2.05, 4.69) is 4.74 Å². The number of hydrogen-bond acceptors (Lipinski definition) is 3. The maximum Gasteiger partial charge on any atom is 0.322 e. The zero-order valence-electron chi connectivity index (χ0n) is 10.4. The lowest BCUT2D eigenvalue weighted by Crippen LogP contribution is -2.33. The van der Waals surface area contributed by atoms with Crippen molar-refractivity contribution in [3.8, 4) is 0 Å². The lowest BCUT2D eigenvalue weighted by Gasteiger charge is -2.07. The van der Waals surface area contributed by atoms with Crippen LogP contribution >= 0.6 is 12.4 Å². The van der Waals surface area contributed by atoms with Crippen molar-refractivity contribution < 1.29 is 9.53 Å². The van der Waals surface area contributed by atoms with E-state index in [-0.39, 0.29) is 18.4 Å². The first kappa shape index (κ1) is 14.5. The van der Waals surface area contributed by atoms with Crippen LogP contribution < -0.4 is 5.73 Å². The fraction of sp³-hybridized carbons (Fsp3) is 0.308. The minimum absolute atomic E-state index is 0. The number of aryl methyl sites for hydroxylation is 1. The molecule has 4 nitrogen and oxygen atoms in total. The van der Waals surface area contributed by atoms with Gasteiger partial charge in [0.1, 0.15) is 6.04 Å². The predicted octanol–water partition coefficient (Wildman–Crippen LogP) is 1.64. The number of hydrogen-bond donors (Lipinski definition) is 1. The predicted molar refractivity (Wildman–Crippen MR) is 73.9 cm³/mol. The number of carbonyl (C=O) groups excluding carboxylic acids is 1. The monoisotopic (exact) mass is 268 g/mol. The van der Waals surface area contributed by atoms with E-state index in [0.29, 0.717) is 6.42 Å². The number of halogens is 1. The Bertz CT molecular complexity index is 551. The van der Waals surface area contributed by atoms with Crippen LogP contribution in [0.25, 0.3) is 10.9 Å². The molecule has 0 aliphatic rings. The summed E-state index contributed by atoms with van der Waals surface area (Å²) in [4.78, 5) is 11.3. The maximum absolute atomic E-state index is 11.3. The van der Waals surface area contributed by atoms with Gasteiger partial charge in [0.25, 0.3) is 0 Å². The molecule has 1 atom stereocenters. The van der Waals surface area contributed by atoms with Crippen LogP contribution in [-0.2, 0) is 23.0 Å². The van der Waals surface area contributed by atoms with Gasteiger partial charge in [0.15, 0.2) is 0 Å². The largest absolute Gasteiger partial charge is 0.468 e. The van der Waals surface area contributed by atoms with Crippen molar-refractivity contribution in [3.63, 3.8) is 0 Å². The zero-order chi connectivity index (χ0) is 12.4. The molecule has 0 saturated heterocycles. The van der Waals surface area contributed by atoms with Crippen molar-refractivity contribution in [2.24, 2.45) is 12.8 Å². The van der Waals surface area contributed by atoms with Gasteiger partial charge in [-0.05, 0) is 11.6 Å². The van der Waals surface area contributed by atoms with Crippen LogP contribution in [0.2, 0.25) is 0 Å². The average molecular weight is 269 g/mol. The fourth-order valence-electron chi connectivity index (χ4n) is 2.06. The Morgan fingerprint density at radius 2 is 2.11 bits per heavy atom. The summed E-state index contributed by atoms with van der Waals surface area (Å²) >= 11 is 0. The van der Waals surface area contributed by atoms with Crippen molar-refractivity contribution >= 4 is 29.3 Å². The normalized spacial score (nSPS) is 11.9. The number of nitrogens with zero attached hydrogens (tertiary/aromatic N) is 1. The van der Waals surface area contributed by atoms with Crippen molar-refractivity contribution in [2.75, 3.05) is 7.11 Å². The Hall–Kier alpha value is -1.52. The molecule has 18 heavy (non-hydrogen) atoms. The summed E-state index contributed by atoms with van der Waals surface area (Å²) in [7, 11) is 3.33. The molecule has 0 spiro atoms. The topological polar surface area (TPSA) is 57.2 Å². The van der Waals surface area contributed by atoms with E-state index in [1.165, 1.54) is 7.11 Å². The third kappa shape index (κ3) is 2.66. The van der Waals surface area contributed by atoms with Crippen molar-refractivity contribution in [1.29, 1.82) is 0 Å².